The number of ether oxygens (including phenoxy) is 3. The van der Waals surface area contributed by atoms with Gasteiger partial charge in [0.25, 0.3) is 0 Å². The second kappa shape index (κ2) is 10.4. The predicted octanol–water partition coefficient (Wildman–Crippen LogP) is 3.67. The van der Waals surface area contributed by atoms with E-state index in [-0.39, 0.29) is 5.75 Å². The average molecular weight is 440 g/mol. The van der Waals surface area contributed by atoms with E-state index in [9.17, 15) is 9.59 Å². The Labute approximate surface area is 182 Å². The average Bonchev–Trinajstić information content (AvgIpc) is 2.77. The Morgan fingerprint density at radius 1 is 1.13 bits per heavy atom. The summed E-state index contributed by atoms with van der Waals surface area (Å²) in [4.78, 5) is 32.7. The molecule has 2 aromatic heterocycles. The Kier molecular flexibility index (Phi) is 7.45. The van der Waals surface area contributed by atoms with Crippen LogP contribution in [-0.2, 0) is 10.5 Å². The van der Waals surface area contributed by atoms with E-state index in [1.807, 2.05) is 6.92 Å². The van der Waals surface area contributed by atoms with E-state index in [1.54, 1.807) is 36.5 Å². The van der Waals surface area contributed by atoms with Crippen LogP contribution in [-0.4, -0.2) is 30.2 Å². The fraction of sp³-hybridized carbons (Fsp3) is 0.182. The third-order valence-corrected chi connectivity index (χ3v) is 4.88. The Bertz CT molecular complexity index is 1160. The molecule has 31 heavy (non-hydrogen) atoms. The molecule has 0 atom stereocenters. The highest BCUT2D eigenvalue weighted by molar-refractivity contribution is 7.98. The van der Waals surface area contributed by atoms with Crippen molar-refractivity contribution in [2.45, 2.75) is 17.8 Å². The lowest BCUT2D eigenvalue weighted by Gasteiger charge is -2.07. The number of aromatic nitrogens is 2. The lowest BCUT2D eigenvalue weighted by atomic mass is 10.2. The van der Waals surface area contributed by atoms with E-state index in [0.29, 0.717) is 33.7 Å². The van der Waals surface area contributed by atoms with Crippen molar-refractivity contribution in [2.24, 2.45) is 0 Å². The SMILES string of the molecule is COc1ccc(C=CC(=O)Oc2coc(CSc3nccc(C)n3)cc2=O)cc1OC. The number of carbonyl (C=O) groups excluding carboxylic acids is 1. The van der Waals surface area contributed by atoms with Gasteiger partial charge in [0.15, 0.2) is 16.7 Å². The Balaban J connectivity index is 1.61. The van der Waals surface area contributed by atoms with Crippen molar-refractivity contribution in [1.82, 2.24) is 9.97 Å². The van der Waals surface area contributed by atoms with Gasteiger partial charge in [0.1, 0.15) is 12.0 Å². The van der Waals surface area contributed by atoms with Crippen LogP contribution in [0.25, 0.3) is 6.08 Å². The summed E-state index contributed by atoms with van der Waals surface area (Å²) in [5, 5.41) is 0.582. The van der Waals surface area contributed by atoms with E-state index in [0.717, 1.165) is 12.0 Å². The minimum absolute atomic E-state index is 0.192. The number of aryl methyl sites for hydroxylation is 1. The number of carbonyl (C=O) groups is 1. The molecule has 160 valence electrons. The zero-order chi connectivity index (χ0) is 22.2. The standard InChI is InChI=1S/C22H20N2O6S/c1-14-8-9-23-22(24-14)31-13-16-11-17(25)20(12-29-16)30-21(26)7-5-15-4-6-18(27-2)19(10-15)28-3/h4-12H,13H2,1-3H3. The third kappa shape index (κ3) is 6.19. The van der Waals surface area contributed by atoms with E-state index < -0.39 is 11.4 Å². The fourth-order valence-electron chi connectivity index (χ4n) is 2.48. The van der Waals surface area contributed by atoms with Crippen LogP contribution in [0.5, 0.6) is 17.2 Å². The molecule has 0 fully saturated rings. The minimum Gasteiger partial charge on any atom is -0.493 e. The molecule has 0 radical (unpaired) electrons. The van der Waals surface area contributed by atoms with Crippen molar-refractivity contribution >= 4 is 23.8 Å². The molecule has 0 aliphatic heterocycles. The maximum atomic E-state index is 12.2. The van der Waals surface area contributed by atoms with Crippen LogP contribution in [0.2, 0.25) is 0 Å². The molecule has 0 unspecified atom stereocenters. The van der Waals surface area contributed by atoms with Gasteiger partial charge in [-0.3, -0.25) is 4.79 Å². The van der Waals surface area contributed by atoms with Gasteiger partial charge in [-0.1, -0.05) is 17.8 Å². The summed E-state index contributed by atoms with van der Waals surface area (Å²) in [6, 6.07) is 8.26. The second-order valence-electron chi connectivity index (χ2n) is 6.21. The van der Waals surface area contributed by atoms with Crippen molar-refractivity contribution in [3.8, 4) is 17.2 Å². The molecule has 3 aromatic rings. The van der Waals surface area contributed by atoms with Gasteiger partial charge in [-0.2, -0.15) is 0 Å². The zero-order valence-electron chi connectivity index (χ0n) is 17.2. The lowest BCUT2D eigenvalue weighted by molar-refractivity contribution is -0.129. The van der Waals surface area contributed by atoms with E-state index in [2.05, 4.69) is 9.97 Å². The molecule has 0 saturated heterocycles. The first kappa shape index (κ1) is 22.1. The summed E-state index contributed by atoms with van der Waals surface area (Å²) >= 11 is 1.33. The number of methoxy groups -OCH3 is 2. The molecule has 0 bridgehead atoms. The number of thioether (sulfide) groups is 1. The van der Waals surface area contributed by atoms with E-state index >= 15 is 0 Å². The number of esters is 1. The highest BCUT2D eigenvalue weighted by Gasteiger charge is 2.10. The molecule has 0 aliphatic rings. The van der Waals surface area contributed by atoms with Crippen molar-refractivity contribution in [1.29, 1.82) is 0 Å². The van der Waals surface area contributed by atoms with Crippen LogP contribution in [0.3, 0.4) is 0 Å². The molecule has 9 heteroatoms. The highest BCUT2D eigenvalue weighted by atomic mass is 32.2. The summed E-state index contributed by atoms with van der Waals surface area (Å²) in [6.07, 6.45) is 5.54. The molecule has 0 aliphatic carbocycles. The molecule has 0 N–H and O–H groups in total. The second-order valence-corrected chi connectivity index (χ2v) is 7.16. The first-order valence-corrected chi connectivity index (χ1v) is 10.1. The predicted molar refractivity (Wildman–Crippen MR) is 116 cm³/mol. The topological polar surface area (TPSA) is 101 Å². The molecular formula is C22H20N2O6S. The van der Waals surface area contributed by atoms with Crippen LogP contribution in [0.4, 0.5) is 0 Å². The Morgan fingerprint density at radius 2 is 1.94 bits per heavy atom. The number of rotatable bonds is 8. The maximum absolute atomic E-state index is 12.2. The summed E-state index contributed by atoms with van der Waals surface area (Å²) in [7, 11) is 3.06. The van der Waals surface area contributed by atoms with Crippen molar-refractivity contribution in [2.75, 3.05) is 14.2 Å². The largest absolute Gasteiger partial charge is 0.493 e. The maximum Gasteiger partial charge on any atom is 0.336 e. The normalized spacial score (nSPS) is 10.8. The van der Waals surface area contributed by atoms with E-state index in [4.69, 9.17) is 18.6 Å². The van der Waals surface area contributed by atoms with Crippen molar-refractivity contribution in [3.63, 3.8) is 0 Å². The number of hydrogen-bond acceptors (Lipinski definition) is 9. The number of nitrogens with zero attached hydrogens (tertiary/aromatic N) is 2. The lowest BCUT2D eigenvalue weighted by Crippen LogP contribution is -2.12. The van der Waals surface area contributed by atoms with Crippen LogP contribution in [0.1, 0.15) is 17.0 Å². The molecule has 8 nitrogen and oxygen atoms in total. The van der Waals surface area contributed by atoms with Gasteiger partial charge in [0.05, 0.1) is 20.0 Å². The van der Waals surface area contributed by atoms with Crippen molar-refractivity contribution in [3.05, 3.63) is 76.1 Å². The van der Waals surface area contributed by atoms with Gasteiger partial charge < -0.3 is 18.6 Å². The van der Waals surface area contributed by atoms with Gasteiger partial charge in [0.2, 0.25) is 11.2 Å². The summed E-state index contributed by atoms with van der Waals surface area (Å²) in [5.74, 6) is 0.988. The molecule has 0 saturated carbocycles. The van der Waals surface area contributed by atoms with Crippen LogP contribution in [0, 0.1) is 6.92 Å². The van der Waals surface area contributed by atoms with Gasteiger partial charge in [-0.15, -0.1) is 0 Å². The first-order valence-electron chi connectivity index (χ1n) is 9.14. The molecule has 0 amide bonds. The minimum atomic E-state index is -0.711. The van der Waals surface area contributed by atoms with Crippen LogP contribution >= 0.6 is 11.8 Å². The van der Waals surface area contributed by atoms with Gasteiger partial charge >= 0.3 is 5.97 Å². The molecule has 2 heterocycles. The van der Waals surface area contributed by atoms with Gasteiger partial charge in [0, 0.05) is 24.0 Å². The molecular weight excluding hydrogens is 420 g/mol. The summed E-state index contributed by atoms with van der Waals surface area (Å²) < 4.78 is 20.9. The van der Waals surface area contributed by atoms with Gasteiger partial charge in [-0.05, 0) is 36.8 Å². The van der Waals surface area contributed by atoms with Crippen LogP contribution in [0.15, 0.2) is 63.2 Å². The summed E-state index contributed by atoms with van der Waals surface area (Å²) in [5.41, 5.74) is 1.09. The van der Waals surface area contributed by atoms with Gasteiger partial charge in [-0.25, -0.2) is 14.8 Å². The highest BCUT2D eigenvalue weighted by Crippen LogP contribution is 2.28. The number of hydrogen-bond donors (Lipinski definition) is 0. The monoisotopic (exact) mass is 440 g/mol. The quantitative estimate of drug-likeness (QED) is 0.225. The number of benzene rings is 1. The smallest absolute Gasteiger partial charge is 0.336 e. The van der Waals surface area contributed by atoms with E-state index in [1.165, 1.54) is 38.1 Å². The Hall–Kier alpha value is -3.59. The van der Waals surface area contributed by atoms with Crippen molar-refractivity contribution < 1.29 is 23.4 Å². The molecule has 3 rings (SSSR count). The third-order valence-electron chi connectivity index (χ3n) is 4.00. The van der Waals surface area contributed by atoms with Crippen LogP contribution < -0.4 is 19.6 Å². The fourth-order valence-corrected chi connectivity index (χ4v) is 3.25. The molecule has 1 aromatic carbocycles. The first-order chi connectivity index (χ1) is 15.0. The zero-order valence-corrected chi connectivity index (χ0v) is 18.0. The molecule has 0 spiro atoms. The summed E-state index contributed by atoms with van der Waals surface area (Å²) in [6.45, 7) is 1.87. The Morgan fingerprint density at radius 3 is 2.65 bits per heavy atom.